The third-order valence-electron chi connectivity index (χ3n) is 4.38. The molecule has 0 saturated carbocycles. The molecule has 0 spiro atoms. The van der Waals surface area contributed by atoms with E-state index in [0.29, 0.717) is 12.1 Å². The second-order valence-corrected chi connectivity index (χ2v) is 6.05. The maximum Gasteiger partial charge on any atom is 0.254 e. The summed E-state index contributed by atoms with van der Waals surface area (Å²) in [5.74, 6) is -0.0790. The van der Waals surface area contributed by atoms with Crippen molar-refractivity contribution in [1.29, 1.82) is 0 Å². The fraction of sp³-hybridized carbons (Fsp3) is 0.333. The molecule has 1 fully saturated rings. The van der Waals surface area contributed by atoms with E-state index in [9.17, 15) is 9.59 Å². The number of hydrogen-bond donors (Lipinski definition) is 0. The van der Waals surface area contributed by atoms with E-state index in [1.807, 2.05) is 35.2 Å². The molecule has 0 aliphatic carbocycles. The van der Waals surface area contributed by atoms with E-state index >= 15 is 0 Å². The summed E-state index contributed by atoms with van der Waals surface area (Å²) < 4.78 is 1.47. The predicted octanol–water partition coefficient (Wildman–Crippen LogP) is 1.51. The van der Waals surface area contributed by atoms with Gasteiger partial charge in [-0.15, -0.1) is 0 Å². The lowest BCUT2D eigenvalue weighted by Gasteiger charge is -2.40. The molecule has 5 nitrogen and oxygen atoms in total. The summed E-state index contributed by atoms with van der Waals surface area (Å²) in [6, 6.07) is 13.2. The molecule has 5 heteroatoms. The van der Waals surface area contributed by atoms with Gasteiger partial charge in [-0.25, -0.2) is 0 Å². The van der Waals surface area contributed by atoms with Gasteiger partial charge in [0.25, 0.3) is 11.5 Å². The lowest BCUT2D eigenvalue weighted by molar-refractivity contribution is 0.0497. The largest absolute Gasteiger partial charge is 0.329 e. The van der Waals surface area contributed by atoms with Crippen LogP contribution in [0.5, 0.6) is 0 Å². The Balaban J connectivity index is 1.93. The summed E-state index contributed by atoms with van der Waals surface area (Å²) in [5, 5.41) is 0. The van der Waals surface area contributed by atoms with Crippen LogP contribution in [0.3, 0.4) is 0 Å². The number of pyridine rings is 1. The average Bonchev–Trinajstić information content (AvgIpc) is 2.57. The van der Waals surface area contributed by atoms with Crippen LogP contribution in [0.4, 0.5) is 0 Å². The number of carbonyl (C=O) groups excluding carboxylic acids is 1. The van der Waals surface area contributed by atoms with Crippen molar-refractivity contribution in [2.24, 2.45) is 7.05 Å². The Morgan fingerprint density at radius 2 is 1.83 bits per heavy atom. The van der Waals surface area contributed by atoms with Gasteiger partial charge in [0, 0.05) is 44.5 Å². The molecule has 1 aromatic carbocycles. The Bertz CT molecular complexity index is 754. The van der Waals surface area contributed by atoms with Crippen LogP contribution >= 0.6 is 0 Å². The Kier molecular flexibility index (Phi) is 4.30. The molecule has 0 bridgehead atoms. The molecular formula is C18H21N3O2. The summed E-state index contributed by atoms with van der Waals surface area (Å²) in [6.07, 6.45) is 1.64. The van der Waals surface area contributed by atoms with Gasteiger partial charge in [-0.2, -0.15) is 0 Å². The molecular weight excluding hydrogens is 290 g/mol. The van der Waals surface area contributed by atoms with Gasteiger partial charge in [0.2, 0.25) is 0 Å². The van der Waals surface area contributed by atoms with Crippen LogP contribution in [0.25, 0.3) is 0 Å². The first kappa shape index (κ1) is 15.5. The number of piperazine rings is 1. The highest BCUT2D eigenvalue weighted by molar-refractivity contribution is 5.94. The van der Waals surface area contributed by atoms with Gasteiger partial charge in [-0.1, -0.05) is 30.3 Å². The van der Waals surface area contributed by atoms with Crippen molar-refractivity contribution < 1.29 is 4.79 Å². The average molecular weight is 311 g/mol. The maximum atomic E-state index is 12.9. The molecule has 1 aliphatic heterocycles. The molecule has 0 unspecified atom stereocenters. The molecule has 1 saturated heterocycles. The molecule has 0 N–H and O–H groups in total. The summed E-state index contributed by atoms with van der Waals surface area (Å²) in [4.78, 5) is 28.8. The fourth-order valence-corrected chi connectivity index (χ4v) is 2.97. The van der Waals surface area contributed by atoms with Gasteiger partial charge in [0.15, 0.2) is 0 Å². The molecule has 1 aliphatic rings. The standard InChI is InChI=1S/C18H21N3O2/c1-19-10-11-21(16(13-19)14-6-4-3-5-7-14)18(23)15-8-9-20(2)17(22)12-15/h3-9,12,16H,10-11,13H2,1-2H3/t16-/m0/s1. The Morgan fingerprint density at radius 1 is 1.09 bits per heavy atom. The van der Waals surface area contributed by atoms with Crippen LogP contribution in [0, 0.1) is 0 Å². The highest BCUT2D eigenvalue weighted by Gasteiger charge is 2.30. The highest BCUT2D eigenvalue weighted by atomic mass is 16.2. The summed E-state index contributed by atoms with van der Waals surface area (Å²) >= 11 is 0. The minimum absolute atomic E-state index is 0.00603. The van der Waals surface area contributed by atoms with E-state index in [4.69, 9.17) is 0 Å². The lowest BCUT2D eigenvalue weighted by Crippen LogP contribution is -2.49. The molecule has 23 heavy (non-hydrogen) atoms. The van der Waals surface area contributed by atoms with Gasteiger partial charge in [-0.3, -0.25) is 9.59 Å². The van der Waals surface area contributed by atoms with E-state index in [1.54, 1.807) is 19.3 Å². The molecule has 3 rings (SSSR count). The van der Waals surface area contributed by atoms with Gasteiger partial charge in [0.05, 0.1) is 6.04 Å². The number of likely N-dealkylation sites (N-methyl/N-ethyl adjacent to an activating group) is 1. The fourth-order valence-electron chi connectivity index (χ4n) is 2.97. The van der Waals surface area contributed by atoms with Crippen molar-refractivity contribution in [3.8, 4) is 0 Å². The second kappa shape index (κ2) is 6.38. The van der Waals surface area contributed by atoms with Gasteiger partial charge in [-0.05, 0) is 18.7 Å². The van der Waals surface area contributed by atoms with Crippen molar-refractivity contribution in [2.75, 3.05) is 26.7 Å². The molecule has 1 atom stereocenters. The van der Waals surface area contributed by atoms with Crippen molar-refractivity contribution in [3.05, 3.63) is 70.1 Å². The lowest BCUT2D eigenvalue weighted by atomic mass is 10.0. The van der Waals surface area contributed by atoms with Crippen molar-refractivity contribution in [2.45, 2.75) is 6.04 Å². The zero-order valence-corrected chi connectivity index (χ0v) is 13.5. The van der Waals surface area contributed by atoms with Gasteiger partial charge >= 0.3 is 0 Å². The molecule has 2 aromatic rings. The van der Waals surface area contributed by atoms with E-state index < -0.39 is 0 Å². The first-order valence-corrected chi connectivity index (χ1v) is 7.77. The van der Waals surface area contributed by atoms with Crippen LogP contribution in [-0.2, 0) is 7.05 Å². The number of hydrogen-bond acceptors (Lipinski definition) is 3. The number of aromatic nitrogens is 1. The predicted molar refractivity (Wildman–Crippen MR) is 89.4 cm³/mol. The number of rotatable bonds is 2. The molecule has 1 amide bonds. The monoisotopic (exact) mass is 311 g/mol. The van der Waals surface area contributed by atoms with Gasteiger partial charge < -0.3 is 14.4 Å². The van der Waals surface area contributed by atoms with Gasteiger partial charge in [0.1, 0.15) is 0 Å². The van der Waals surface area contributed by atoms with Crippen LogP contribution in [0.2, 0.25) is 0 Å². The number of amides is 1. The van der Waals surface area contributed by atoms with E-state index in [2.05, 4.69) is 11.9 Å². The maximum absolute atomic E-state index is 12.9. The minimum atomic E-state index is -0.166. The number of benzene rings is 1. The van der Waals surface area contributed by atoms with E-state index in [1.165, 1.54) is 10.6 Å². The van der Waals surface area contributed by atoms with Crippen molar-refractivity contribution in [3.63, 3.8) is 0 Å². The molecule has 0 radical (unpaired) electrons. The Labute approximate surface area is 135 Å². The Hall–Kier alpha value is -2.40. The normalized spacial score (nSPS) is 18.9. The molecule has 2 heterocycles. The SMILES string of the molecule is CN1CCN(C(=O)c2ccn(C)c(=O)c2)[C@H](c2ccccc2)C1. The van der Waals surface area contributed by atoms with Crippen LogP contribution in [0.1, 0.15) is 22.0 Å². The number of carbonyl (C=O) groups is 1. The zero-order valence-electron chi connectivity index (χ0n) is 13.5. The third-order valence-corrected chi connectivity index (χ3v) is 4.38. The molecule has 120 valence electrons. The van der Waals surface area contributed by atoms with Crippen molar-refractivity contribution in [1.82, 2.24) is 14.4 Å². The topological polar surface area (TPSA) is 45.5 Å². The van der Waals surface area contributed by atoms with Crippen LogP contribution < -0.4 is 5.56 Å². The van der Waals surface area contributed by atoms with E-state index in [-0.39, 0.29) is 17.5 Å². The molecule has 1 aromatic heterocycles. The Morgan fingerprint density at radius 3 is 2.52 bits per heavy atom. The van der Waals surface area contributed by atoms with E-state index in [0.717, 1.165) is 18.7 Å². The van der Waals surface area contributed by atoms with Crippen molar-refractivity contribution >= 4 is 5.91 Å². The second-order valence-electron chi connectivity index (χ2n) is 6.05. The highest BCUT2D eigenvalue weighted by Crippen LogP contribution is 2.26. The number of aryl methyl sites for hydroxylation is 1. The first-order valence-electron chi connectivity index (χ1n) is 7.77. The quantitative estimate of drug-likeness (QED) is 0.844. The smallest absolute Gasteiger partial charge is 0.254 e. The minimum Gasteiger partial charge on any atom is -0.329 e. The number of nitrogens with zero attached hydrogens (tertiary/aromatic N) is 3. The zero-order chi connectivity index (χ0) is 16.4. The van der Waals surface area contributed by atoms with Crippen LogP contribution in [-0.4, -0.2) is 47.0 Å². The first-order chi connectivity index (χ1) is 11.1. The third kappa shape index (κ3) is 3.19. The summed E-state index contributed by atoms with van der Waals surface area (Å²) in [6.45, 7) is 2.28. The summed E-state index contributed by atoms with van der Waals surface area (Å²) in [5.41, 5.74) is 1.41. The summed E-state index contributed by atoms with van der Waals surface area (Å²) in [7, 11) is 3.75. The van der Waals surface area contributed by atoms with Crippen LogP contribution in [0.15, 0.2) is 53.5 Å².